The highest BCUT2D eigenvalue weighted by atomic mass is 16.2. The predicted octanol–water partition coefficient (Wildman–Crippen LogP) is 2.17. The standard InChI is InChI=1S/C11H18N2O/c1-2-3-8-13-11(14)9-6-4-5-7-10(9)12-13/h9H,2-8H2,1H3. The molecule has 14 heavy (non-hydrogen) atoms. The van der Waals surface area contributed by atoms with Gasteiger partial charge in [-0.25, -0.2) is 5.01 Å². The molecule has 1 fully saturated rings. The zero-order valence-electron chi connectivity index (χ0n) is 8.83. The summed E-state index contributed by atoms with van der Waals surface area (Å²) in [5.41, 5.74) is 1.15. The van der Waals surface area contributed by atoms with Gasteiger partial charge in [-0.2, -0.15) is 5.10 Å². The molecule has 1 atom stereocenters. The van der Waals surface area contributed by atoms with E-state index in [1.165, 1.54) is 12.8 Å². The van der Waals surface area contributed by atoms with Crippen molar-refractivity contribution in [1.82, 2.24) is 5.01 Å². The van der Waals surface area contributed by atoms with Gasteiger partial charge in [-0.1, -0.05) is 19.8 Å². The summed E-state index contributed by atoms with van der Waals surface area (Å²) >= 11 is 0. The summed E-state index contributed by atoms with van der Waals surface area (Å²) in [6, 6.07) is 0. The highest BCUT2D eigenvalue weighted by Crippen LogP contribution is 2.28. The molecule has 3 nitrogen and oxygen atoms in total. The summed E-state index contributed by atoms with van der Waals surface area (Å²) in [7, 11) is 0. The van der Waals surface area contributed by atoms with Gasteiger partial charge in [0.2, 0.25) is 0 Å². The Kier molecular flexibility index (Phi) is 2.85. The van der Waals surface area contributed by atoms with E-state index in [-0.39, 0.29) is 11.8 Å². The molecule has 0 aromatic carbocycles. The van der Waals surface area contributed by atoms with E-state index in [9.17, 15) is 4.79 Å². The number of hydrazone groups is 1. The summed E-state index contributed by atoms with van der Waals surface area (Å²) in [5.74, 6) is 0.411. The minimum Gasteiger partial charge on any atom is -0.272 e. The summed E-state index contributed by atoms with van der Waals surface area (Å²) < 4.78 is 0. The fourth-order valence-corrected chi connectivity index (χ4v) is 2.23. The van der Waals surface area contributed by atoms with Gasteiger partial charge in [0.25, 0.3) is 5.91 Å². The maximum absolute atomic E-state index is 11.9. The van der Waals surface area contributed by atoms with Gasteiger partial charge in [0.05, 0.1) is 11.6 Å². The SMILES string of the molecule is CCCCN1N=C2CCCCC2C1=O. The van der Waals surface area contributed by atoms with Crippen molar-refractivity contribution >= 4 is 11.6 Å². The lowest BCUT2D eigenvalue weighted by molar-refractivity contribution is -0.132. The van der Waals surface area contributed by atoms with Crippen LogP contribution in [0, 0.1) is 5.92 Å². The van der Waals surface area contributed by atoms with E-state index >= 15 is 0 Å². The molecule has 0 saturated heterocycles. The Labute approximate surface area is 85.2 Å². The first kappa shape index (κ1) is 9.69. The minimum absolute atomic E-state index is 0.153. The van der Waals surface area contributed by atoms with Crippen LogP contribution >= 0.6 is 0 Å². The van der Waals surface area contributed by atoms with Gasteiger partial charge in [0.1, 0.15) is 0 Å². The summed E-state index contributed by atoms with van der Waals surface area (Å²) in [5, 5.41) is 6.13. The predicted molar refractivity (Wildman–Crippen MR) is 56.0 cm³/mol. The van der Waals surface area contributed by atoms with Crippen molar-refractivity contribution < 1.29 is 4.79 Å². The van der Waals surface area contributed by atoms with Crippen LogP contribution in [0.25, 0.3) is 0 Å². The lowest BCUT2D eigenvalue weighted by atomic mass is 9.87. The fourth-order valence-electron chi connectivity index (χ4n) is 2.23. The highest BCUT2D eigenvalue weighted by Gasteiger charge is 2.36. The third kappa shape index (κ3) is 1.68. The molecule has 1 aliphatic carbocycles. The molecule has 0 spiro atoms. The second kappa shape index (κ2) is 4.11. The number of fused-ring (bicyclic) bond motifs is 1. The molecule has 0 aromatic heterocycles. The molecule has 0 radical (unpaired) electrons. The van der Waals surface area contributed by atoms with Gasteiger partial charge in [-0.3, -0.25) is 4.79 Å². The first-order valence-electron chi connectivity index (χ1n) is 5.71. The average molecular weight is 194 g/mol. The van der Waals surface area contributed by atoms with E-state index in [2.05, 4.69) is 12.0 Å². The number of amides is 1. The Hall–Kier alpha value is -0.860. The largest absolute Gasteiger partial charge is 0.272 e. The molecule has 2 rings (SSSR count). The third-order valence-corrected chi connectivity index (χ3v) is 3.10. The van der Waals surface area contributed by atoms with Crippen LogP contribution in [0.3, 0.4) is 0 Å². The van der Waals surface area contributed by atoms with Gasteiger partial charge in [0.15, 0.2) is 0 Å². The lowest BCUT2D eigenvalue weighted by Gasteiger charge is -2.16. The maximum atomic E-state index is 11.9. The Balaban J connectivity index is 2.00. The molecule has 0 aromatic rings. The van der Waals surface area contributed by atoms with Crippen LogP contribution in [0.2, 0.25) is 0 Å². The zero-order valence-corrected chi connectivity index (χ0v) is 8.83. The molecule has 3 heteroatoms. The van der Waals surface area contributed by atoms with Crippen molar-refractivity contribution in [3.63, 3.8) is 0 Å². The molecular weight excluding hydrogens is 176 g/mol. The Bertz CT molecular complexity index is 260. The zero-order chi connectivity index (χ0) is 9.97. The maximum Gasteiger partial charge on any atom is 0.251 e. The Morgan fingerprint density at radius 3 is 3.07 bits per heavy atom. The summed E-state index contributed by atoms with van der Waals surface area (Å²) in [4.78, 5) is 11.9. The molecular formula is C11H18N2O. The monoisotopic (exact) mass is 194 g/mol. The number of hydrogen-bond donors (Lipinski definition) is 0. The minimum atomic E-state index is 0.153. The number of rotatable bonds is 3. The van der Waals surface area contributed by atoms with E-state index in [0.717, 1.165) is 37.9 Å². The molecule has 0 N–H and O–H groups in total. The molecule has 1 amide bonds. The fraction of sp³-hybridized carbons (Fsp3) is 0.818. The highest BCUT2D eigenvalue weighted by molar-refractivity contribution is 6.08. The molecule has 1 saturated carbocycles. The molecule has 2 aliphatic rings. The van der Waals surface area contributed by atoms with Crippen LogP contribution < -0.4 is 0 Å². The van der Waals surface area contributed by atoms with Crippen LogP contribution in [0.1, 0.15) is 45.4 Å². The first-order valence-corrected chi connectivity index (χ1v) is 5.71. The van der Waals surface area contributed by atoms with E-state index in [1.807, 2.05) is 0 Å². The van der Waals surface area contributed by atoms with Crippen molar-refractivity contribution in [2.75, 3.05) is 6.54 Å². The number of carbonyl (C=O) groups excluding carboxylic acids is 1. The van der Waals surface area contributed by atoms with Crippen LogP contribution in [0.4, 0.5) is 0 Å². The molecule has 78 valence electrons. The molecule has 0 bridgehead atoms. The van der Waals surface area contributed by atoms with Crippen molar-refractivity contribution in [3.8, 4) is 0 Å². The van der Waals surface area contributed by atoms with Crippen LogP contribution in [-0.2, 0) is 4.79 Å². The summed E-state index contributed by atoms with van der Waals surface area (Å²) in [6.45, 7) is 2.95. The van der Waals surface area contributed by atoms with Crippen LogP contribution in [-0.4, -0.2) is 23.2 Å². The lowest BCUT2D eigenvalue weighted by Crippen LogP contribution is -2.29. The second-order valence-electron chi connectivity index (χ2n) is 4.20. The topological polar surface area (TPSA) is 32.7 Å². The first-order chi connectivity index (χ1) is 6.83. The van der Waals surface area contributed by atoms with Gasteiger partial charge >= 0.3 is 0 Å². The van der Waals surface area contributed by atoms with Gasteiger partial charge < -0.3 is 0 Å². The van der Waals surface area contributed by atoms with Gasteiger partial charge in [-0.15, -0.1) is 0 Å². The van der Waals surface area contributed by atoms with Crippen molar-refractivity contribution in [2.45, 2.75) is 45.4 Å². The number of carbonyl (C=O) groups is 1. The van der Waals surface area contributed by atoms with E-state index in [4.69, 9.17) is 0 Å². The quantitative estimate of drug-likeness (QED) is 0.677. The van der Waals surface area contributed by atoms with E-state index < -0.39 is 0 Å². The molecule has 1 aliphatic heterocycles. The smallest absolute Gasteiger partial charge is 0.251 e. The number of nitrogens with zero attached hydrogens (tertiary/aromatic N) is 2. The molecule has 1 unspecified atom stereocenters. The van der Waals surface area contributed by atoms with E-state index in [0.29, 0.717) is 0 Å². The Morgan fingerprint density at radius 1 is 1.50 bits per heavy atom. The van der Waals surface area contributed by atoms with Crippen molar-refractivity contribution in [2.24, 2.45) is 11.0 Å². The van der Waals surface area contributed by atoms with Crippen molar-refractivity contribution in [1.29, 1.82) is 0 Å². The average Bonchev–Trinajstić information content (AvgIpc) is 2.54. The van der Waals surface area contributed by atoms with Gasteiger partial charge in [0, 0.05) is 6.54 Å². The van der Waals surface area contributed by atoms with Crippen molar-refractivity contribution in [3.05, 3.63) is 0 Å². The van der Waals surface area contributed by atoms with Crippen LogP contribution in [0.5, 0.6) is 0 Å². The second-order valence-corrected chi connectivity index (χ2v) is 4.20. The van der Waals surface area contributed by atoms with Gasteiger partial charge in [-0.05, 0) is 25.7 Å². The number of hydrogen-bond acceptors (Lipinski definition) is 2. The third-order valence-electron chi connectivity index (χ3n) is 3.10. The Morgan fingerprint density at radius 2 is 2.36 bits per heavy atom. The van der Waals surface area contributed by atoms with E-state index in [1.54, 1.807) is 5.01 Å². The number of unbranched alkanes of at least 4 members (excludes halogenated alkanes) is 1. The summed E-state index contributed by atoms with van der Waals surface area (Å²) in [6.07, 6.45) is 6.66. The van der Waals surface area contributed by atoms with Crippen LogP contribution in [0.15, 0.2) is 5.10 Å². The molecule has 1 heterocycles. The normalized spacial score (nSPS) is 26.4.